The molecule has 2 saturated carbocycles. The van der Waals surface area contributed by atoms with Crippen molar-refractivity contribution in [3.63, 3.8) is 0 Å². The Morgan fingerprint density at radius 2 is 1.52 bits per heavy atom. The van der Waals surface area contributed by atoms with E-state index in [2.05, 4.69) is 19.0 Å². The molecule has 1 aromatic rings. The minimum Gasteiger partial charge on any atom is -0.486 e. The molecule has 0 aromatic heterocycles. The first-order valence-electron chi connectivity index (χ1n) is 9.36. The number of carbonyl (C=O) groups is 1. The number of ether oxygens (including phenoxy) is 2. The Morgan fingerprint density at radius 1 is 0.920 bits per heavy atom. The molecule has 4 atom stereocenters. The molecule has 3 aliphatic rings. The highest BCUT2D eigenvalue weighted by Gasteiger charge is 2.44. The Hall–Kier alpha value is -1.75. The summed E-state index contributed by atoms with van der Waals surface area (Å²) in [5, 5.41) is 0. The van der Waals surface area contributed by atoms with Crippen molar-refractivity contribution in [2.45, 2.75) is 37.8 Å². The lowest BCUT2D eigenvalue weighted by atomic mass is 10.0. The zero-order chi connectivity index (χ0) is 17.6. The standard InChI is InChI=1S/C20H28N2O3/c1-21(2)16-8-14-10-17(11-15(14)9-16)22(3)20(23)13-4-5-18-19(12-13)25-7-6-24-18/h4-5,12,14-17H,6-11H2,1-3H3/t14-,15+,16?,17?. The molecule has 0 bridgehead atoms. The fraction of sp³-hybridized carbons (Fsp3) is 0.650. The molecule has 0 spiro atoms. The van der Waals surface area contributed by atoms with Gasteiger partial charge in [0.1, 0.15) is 13.2 Å². The fourth-order valence-electron chi connectivity index (χ4n) is 4.84. The van der Waals surface area contributed by atoms with Crippen LogP contribution < -0.4 is 9.47 Å². The summed E-state index contributed by atoms with van der Waals surface area (Å²) >= 11 is 0. The van der Waals surface area contributed by atoms with E-state index in [9.17, 15) is 4.79 Å². The summed E-state index contributed by atoms with van der Waals surface area (Å²) in [6.45, 7) is 1.11. The first kappa shape index (κ1) is 16.7. The molecule has 0 saturated heterocycles. The van der Waals surface area contributed by atoms with Crippen molar-refractivity contribution < 1.29 is 14.3 Å². The largest absolute Gasteiger partial charge is 0.486 e. The molecule has 136 valence electrons. The van der Waals surface area contributed by atoms with E-state index in [-0.39, 0.29) is 5.91 Å². The van der Waals surface area contributed by atoms with Gasteiger partial charge in [-0.05, 0) is 69.8 Å². The number of rotatable bonds is 3. The van der Waals surface area contributed by atoms with Crippen LogP contribution in [0.15, 0.2) is 18.2 Å². The van der Waals surface area contributed by atoms with Crippen LogP contribution in [0.4, 0.5) is 0 Å². The second-order valence-electron chi connectivity index (χ2n) is 8.01. The maximum atomic E-state index is 12.9. The van der Waals surface area contributed by atoms with Gasteiger partial charge in [-0.2, -0.15) is 0 Å². The van der Waals surface area contributed by atoms with Crippen LogP contribution >= 0.6 is 0 Å². The van der Waals surface area contributed by atoms with E-state index in [1.54, 1.807) is 0 Å². The van der Waals surface area contributed by atoms with Crippen molar-refractivity contribution in [1.29, 1.82) is 0 Å². The maximum Gasteiger partial charge on any atom is 0.253 e. The molecule has 5 heteroatoms. The summed E-state index contributed by atoms with van der Waals surface area (Å²) in [5.41, 5.74) is 0.690. The minimum atomic E-state index is 0.0890. The molecule has 1 aromatic carbocycles. The minimum absolute atomic E-state index is 0.0890. The quantitative estimate of drug-likeness (QED) is 0.845. The van der Waals surface area contributed by atoms with Gasteiger partial charge in [0.15, 0.2) is 11.5 Å². The van der Waals surface area contributed by atoms with Gasteiger partial charge >= 0.3 is 0 Å². The van der Waals surface area contributed by atoms with Gasteiger partial charge in [0, 0.05) is 24.7 Å². The van der Waals surface area contributed by atoms with E-state index in [1.807, 2.05) is 30.1 Å². The monoisotopic (exact) mass is 344 g/mol. The van der Waals surface area contributed by atoms with E-state index < -0.39 is 0 Å². The van der Waals surface area contributed by atoms with E-state index in [0.717, 1.165) is 36.5 Å². The van der Waals surface area contributed by atoms with Crippen molar-refractivity contribution in [3.05, 3.63) is 23.8 Å². The molecule has 4 rings (SSSR count). The van der Waals surface area contributed by atoms with Gasteiger partial charge in [-0.1, -0.05) is 0 Å². The van der Waals surface area contributed by atoms with Crippen LogP contribution in [0.3, 0.4) is 0 Å². The van der Waals surface area contributed by atoms with Crippen LogP contribution in [0.2, 0.25) is 0 Å². The summed E-state index contributed by atoms with van der Waals surface area (Å²) < 4.78 is 11.2. The van der Waals surface area contributed by atoms with Crippen LogP contribution in [0.1, 0.15) is 36.0 Å². The third-order valence-corrected chi connectivity index (χ3v) is 6.35. The summed E-state index contributed by atoms with van der Waals surface area (Å²) in [4.78, 5) is 17.2. The lowest BCUT2D eigenvalue weighted by Gasteiger charge is -2.27. The van der Waals surface area contributed by atoms with Crippen molar-refractivity contribution in [3.8, 4) is 11.5 Å². The summed E-state index contributed by atoms with van der Waals surface area (Å²) in [7, 11) is 6.32. The Morgan fingerprint density at radius 3 is 2.16 bits per heavy atom. The van der Waals surface area contributed by atoms with Crippen LogP contribution in [0.25, 0.3) is 0 Å². The molecule has 0 radical (unpaired) electrons. The SMILES string of the molecule is CN(C)C1C[C@@H]2CC(N(C)C(=O)c3ccc4c(c3)OCCO4)C[C@@H]2C1. The zero-order valence-corrected chi connectivity index (χ0v) is 15.4. The first-order valence-corrected chi connectivity index (χ1v) is 9.36. The number of hydrogen-bond donors (Lipinski definition) is 0. The van der Waals surface area contributed by atoms with Gasteiger partial charge in [-0.25, -0.2) is 0 Å². The van der Waals surface area contributed by atoms with E-state index in [4.69, 9.17) is 9.47 Å². The van der Waals surface area contributed by atoms with Crippen molar-refractivity contribution in [1.82, 2.24) is 9.80 Å². The van der Waals surface area contributed by atoms with Gasteiger partial charge in [-0.3, -0.25) is 4.79 Å². The van der Waals surface area contributed by atoms with Gasteiger partial charge in [-0.15, -0.1) is 0 Å². The van der Waals surface area contributed by atoms with Crippen LogP contribution in [-0.2, 0) is 0 Å². The molecule has 1 heterocycles. The van der Waals surface area contributed by atoms with Crippen LogP contribution in [0.5, 0.6) is 11.5 Å². The molecule has 2 unspecified atom stereocenters. The Balaban J connectivity index is 1.42. The molecular formula is C20H28N2O3. The van der Waals surface area contributed by atoms with Crippen molar-refractivity contribution in [2.75, 3.05) is 34.4 Å². The first-order chi connectivity index (χ1) is 12.0. The highest BCUT2D eigenvalue weighted by molar-refractivity contribution is 5.95. The van der Waals surface area contributed by atoms with Gasteiger partial charge in [0.25, 0.3) is 5.91 Å². The molecular weight excluding hydrogens is 316 g/mol. The normalized spacial score (nSPS) is 30.4. The molecule has 1 aliphatic heterocycles. The fourth-order valence-corrected chi connectivity index (χ4v) is 4.84. The van der Waals surface area contributed by atoms with Gasteiger partial charge in [0.05, 0.1) is 0 Å². The Bertz CT molecular complexity index is 646. The molecule has 0 N–H and O–H groups in total. The van der Waals surface area contributed by atoms with Crippen LogP contribution in [-0.4, -0.2) is 62.1 Å². The smallest absolute Gasteiger partial charge is 0.253 e. The number of amides is 1. The second kappa shape index (κ2) is 6.52. The summed E-state index contributed by atoms with van der Waals surface area (Å²) in [6, 6.07) is 6.60. The van der Waals surface area contributed by atoms with Gasteiger partial charge in [0.2, 0.25) is 0 Å². The van der Waals surface area contributed by atoms with Gasteiger partial charge < -0.3 is 19.3 Å². The summed E-state index contributed by atoms with van der Waals surface area (Å²) in [5.74, 6) is 3.05. The highest BCUT2D eigenvalue weighted by atomic mass is 16.6. The Kier molecular flexibility index (Phi) is 4.36. The number of carbonyl (C=O) groups excluding carboxylic acids is 1. The molecule has 2 fully saturated rings. The number of hydrogen-bond acceptors (Lipinski definition) is 4. The average molecular weight is 344 g/mol. The topological polar surface area (TPSA) is 42.0 Å². The van der Waals surface area contributed by atoms with Crippen molar-refractivity contribution in [2.24, 2.45) is 11.8 Å². The zero-order valence-electron chi connectivity index (χ0n) is 15.4. The number of benzene rings is 1. The van der Waals surface area contributed by atoms with Crippen LogP contribution in [0, 0.1) is 11.8 Å². The maximum absolute atomic E-state index is 12.9. The lowest BCUT2D eigenvalue weighted by molar-refractivity contribution is 0.0725. The molecule has 1 amide bonds. The summed E-state index contributed by atoms with van der Waals surface area (Å²) in [6.07, 6.45) is 4.84. The van der Waals surface area contributed by atoms with E-state index in [1.165, 1.54) is 12.8 Å². The third kappa shape index (κ3) is 3.10. The molecule has 2 aliphatic carbocycles. The average Bonchev–Trinajstić information content (AvgIpc) is 3.19. The number of fused-ring (bicyclic) bond motifs is 2. The van der Waals surface area contributed by atoms with E-state index >= 15 is 0 Å². The molecule has 25 heavy (non-hydrogen) atoms. The third-order valence-electron chi connectivity index (χ3n) is 6.35. The second-order valence-corrected chi connectivity index (χ2v) is 8.01. The highest BCUT2D eigenvalue weighted by Crippen LogP contribution is 2.46. The van der Waals surface area contributed by atoms with E-state index in [0.29, 0.717) is 30.6 Å². The molecule has 5 nitrogen and oxygen atoms in total. The Labute approximate surface area is 149 Å². The number of nitrogens with zero attached hydrogens (tertiary/aromatic N) is 2. The predicted octanol–water partition coefficient (Wildman–Crippen LogP) is 2.65. The lowest BCUT2D eigenvalue weighted by Crippen LogP contribution is -2.36. The predicted molar refractivity (Wildman–Crippen MR) is 96.2 cm³/mol. The van der Waals surface area contributed by atoms with Crippen molar-refractivity contribution >= 4 is 5.91 Å².